The molecule has 2 heteroatoms. The van der Waals surface area contributed by atoms with Gasteiger partial charge in [0.15, 0.2) is 0 Å². The van der Waals surface area contributed by atoms with Crippen LogP contribution in [0, 0.1) is 17.8 Å². The number of hydrogen-bond donors (Lipinski definition) is 1. The molecule has 1 atom stereocenters. The Hall–Kier alpha value is -0.0800. The van der Waals surface area contributed by atoms with Crippen LogP contribution in [0.25, 0.3) is 0 Å². The van der Waals surface area contributed by atoms with Gasteiger partial charge in [-0.1, -0.05) is 13.8 Å². The maximum atomic E-state index is 3.62. The lowest BCUT2D eigenvalue weighted by molar-refractivity contribution is 0.166. The summed E-state index contributed by atoms with van der Waals surface area (Å²) in [7, 11) is 0. The standard InChI is InChI=1S/C14H28N2/c1-12(2)8-15-9-14-4-3-7-16(11-14)10-13-5-6-13/h12-15H,3-11H2,1-2H3. The summed E-state index contributed by atoms with van der Waals surface area (Å²) in [5.41, 5.74) is 0. The smallest absolute Gasteiger partial charge is 0.00219 e. The molecule has 16 heavy (non-hydrogen) atoms. The summed E-state index contributed by atoms with van der Waals surface area (Å²) in [4.78, 5) is 2.71. The van der Waals surface area contributed by atoms with E-state index in [1.807, 2.05) is 0 Å². The lowest BCUT2D eigenvalue weighted by Gasteiger charge is -2.33. The molecule has 0 aromatic rings. The molecule has 1 N–H and O–H groups in total. The van der Waals surface area contributed by atoms with Gasteiger partial charge in [-0.2, -0.15) is 0 Å². The van der Waals surface area contributed by atoms with E-state index in [-0.39, 0.29) is 0 Å². The van der Waals surface area contributed by atoms with E-state index < -0.39 is 0 Å². The Morgan fingerprint density at radius 3 is 2.69 bits per heavy atom. The second-order valence-corrected chi connectivity index (χ2v) is 6.26. The van der Waals surface area contributed by atoms with Gasteiger partial charge < -0.3 is 10.2 Å². The molecule has 1 saturated carbocycles. The predicted octanol–water partition coefficient (Wildman–Crippen LogP) is 2.35. The third kappa shape index (κ3) is 4.42. The molecule has 2 nitrogen and oxygen atoms in total. The number of nitrogens with one attached hydrogen (secondary N) is 1. The first-order chi connectivity index (χ1) is 7.74. The van der Waals surface area contributed by atoms with Crippen molar-refractivity contribution in [1.82, 2.24) is 10.2 Å². The summed E-state index contributed by atoms with van der Waals surface area (Å²) in [6.07, 6.45) is 5.84. The van der Waals surface area contributed by atoms with Crippen molar-refractivity contribution in [2.45, 2.75) is 39.5 Å². The molecule has 0 aromatic heterocycles. The van der Waals surface area contributed by atoms with E-state index in [4.69, 9.17) is 0 Å². The van der Waals surface area contributed by atoms with Crippen LogP contribution in [0.2, 0.25) is 0 Å². The highest BCUT2D eigenvalue weighted by atomic mass is 15.1. The second-order valence-electron chi connectivity index (χ2n) is 6.26. The highest BCUT2D eigenvalue weighted by Crippen LogP contribution is 2.31. The molecular weight excluding hydrogens is 196 g/mol. The minimum atomic E-state index is 0.783. The molecule has 94 valence electrons. The highest BCUT2D eigenvalue weighted by Gasteiger charge is 2.27. The van der Waals surface area contributed by atoms with Gasteiger partial charge in [0.25, 0.3) is 0 Å². The van der Waals surface area contributed by atoms with Gasteiger partial charge in [-0.25, -0.2) is 0 Å². The molecule has 0 amide bonds. The fourth-order valence-electron chi connectivity index (χ4n) is 2.73. The molecular formula is C14H28N2. The van der Waals surface area contributed by atoms with Gasteiger partial charge in [-0.15, -0.1) is 0 Å². The SMILES string of the molecule is CC(C)CNCC1CCCN(CC2CC2)C1. The van der Waals surface area contributed by atoms with Gasteiger partial charge in [0.1, 0.15) is 0 Å². The summed E-state index contributed by atoms with van der Waals surface area (Å²) >= 11 is 0. The van der Waals surface area contributed by atoms with Crippen molar-refractivity contribution in [2.75, 3.05) is 32.7 Å². The zero-order chi connectivity index (χ0) is 11.4. The van der Waals surface area contributed by atoms with E-state index in [0.29, 0.717) is 0 Å². The lowest BCUT2D eigenvalue weighted by Crippen LogP contribution is -2.41. The molecule has 1 aliphatic carbocycles. The quantitative estimate of drug-likeness (QED) is 0.745. The number of rotatable bonds is 6. The molecule has 1 heterocycles. The van der Waals surface area contributed by atoms with Crippen LogP contribution in [0.1, 0.15) is 39.5 Å². The average Bonchev–Trinajstić information content (AvgIpc) is 3.02. The lowest BCUT2D eigenvalue weighted by atomic mass is 9.97. The molecule has 0 bridgehead atoms. The van der Waals surface area contributed by atoms with Crippen LogP contribution in [0.5, 0.6) is 0 Å². The third-order valence-corrected chi connectivity index (χ3v) is 3.80. The van der Waals surface area contributed by atoms with Crippen LogP contribution in [-0.4, -0.2) is 37.6 Å². The van der Waals surface area contributed by atoms with Crippen LogP contribution >= 0.6 is 0 Å². The van der Waals surface area contributed by atoms with Crippen LogP contribution in [-0.2, 0) is 0 Å². The molecule has 0 radical (unpaired) electrons. The zero-order valence-corrected chi connectivity index (χ0v) is 11.0. The van der Waals surface area contributed by atoms with Crippen molar-refractivity contribution in [3.63, 3.8) is 0 Å². The number of likely N-dealkylation sites (tertiary alicyclic amines) is 1. The van der Waals surface area contributed by atoms with Gasteiger partial charge in [0, 0.05) is 13.1 Å². The predicted molar refractivity (Wildman–Crippen MR) is 69.6 cm³/mol. The van der Waals surface area contributed by atoms with Crippen molar-refractivity contribution < 1.29 is 0 Å². The Labute approximate surface area is 101 Å². The van der Waals surface area contributed by atoms with E-state index in [1.54, 1.807) is 0 Å². The monoisotopic (exact) mass is 224 g/mol. The maximum Gasteiger partial charge on any atom is 0.00219 e. The number of nitrogens with zero attached hydrogens (tertiary/aromatic N) is 1. The largest absolute Gasteiger partial charge is 0.316 e. The van der Waals surface area contributed by atoms with Crippen LogP contribution in [0.4, 0.5) is 0 Å². The van der Waals surface area contributed by atoms with Crippen LogP contribution in [0.15, 0.2) is 0 Å². The summed E-state index contributed by atoms with van der Waals surface area (Å²) in [6, 6.07) is 0. The fourth-order valence-corrected chi connectivity index (χ4v) is 2.73. The number of piperidine rings is 1. The van der Waals surface area contributed by atoms with Crippen LogP contribution < -0.4 is 5.32 Å². The van der Waals surface area contributed by atoms with E-state index >= 15 is 0 Å². The first-order valence-electron chi connectivity index (χ1n) is 7.17. The summed E-state index contributed by atoms with van der Waals surface area (Å²) < 4.78 is 0. The fraction of sp³-hybridized carbons (Fsp3) is 1.00. The summed E-state index contributed by atoms with van der Waals surface area (Å²) in [6.45, 7) is 11.1. The van der Waals surface area contributed by atoms with E-state index in [1.165, 1.54) is 58.4 Å². The van der Waals surface area contributed by atoms with Gasteiger partial charge in [-0.05, 0) is 63.1 Å². The molecule has 2 rings (SSSR count). The normalized spacial score (nSPS) is 27.6. The van der Waals surface area contributed by atoms with E-state index in [2.05, 4.69) is 24.1 Å². The molecule has 2 fully saturated rings. The van der Waals surface area contributed by atoms with Crippen LogP contribution in [0.3, 0.4) is 0 Å². The average molecular weight is 224 g/mol. The Morgan fingerprint density at radius 2 is 2.00 bits per heavy atom. The van der Waals surface area contributed by atoms with Gasteiger partial charge >= 0.3 is 0 Å². The van der Waals surface area contributed by atoms with Gasteiger partial charge in [0.2, 0.25) is 0 Å². The Bertz CT molecular complexity index is 199. The summed E-state index contributed by atoms with van der Waals surface area (Å²) in [5, 5.41) is 3.62. The van der Waals surface area contributed by atoms with Gasteiger partial charge in [0.05, 0.1) is 0 Å². The first kappa shape index (κ1) is 12.4. The first-order valence-corrected chi connectivity index (χ1v) is 7.17. The second kappa shape index (κ2) is 6.02. The minimum Gasteiger partial charge on any atom is -0.316 e. The van der Waals surface area contributed by atoms with Crippen molar-refractivity contribution in [3.05, 3.63) is 0 Å². The highest BCUT2D eigenvalue weighted by molar-refractivity contribution is 4.81. The number of hydrogen-bond acceptors (Lipinski definition) is 2. The molecule has 1 saturated heterocycles. The molecule has 1 aliphatic heterocycles. The third-order valence-electron chi connectivity index (χ3n) is 3.80. The topological polar surface area (TPSA) is 15.3 Å². The van der Waals surface area contributed by atoms with Crippen molar-refractivity contribution in [2.24, 2.45) is 17.8 Å². The molecule has 1 unspecified atom stereocenters. The molecule has 0 aromatic carbocycles. The van der Waals surface area contributed by atoms with Crippen molar-refractivity contribution in [1.29, 1.82) is 0 Å². The van der Waals surface area contributed by atoms with E-state index in [0.717, 1.165) is 17.8 Å². The minimum absolute atomic E-state index is 0.783. The molecule has 0 spiro atoms. The zero-order valence-electron chi connectivity index (χ0n) is 11.0. The Kier molecular flexibility index (Phi) is 4.66. The molecule has 2 aliphatic rings. The summed E-state index contributed by atoms with van der Waals surface area (Å²) in [5.74, 6) is 2.75. The Morgan fingerprint density at radius 1 is 1.19 bits per heavy atom. The van der Waals surface area contributed by atoms with E-state index in [9.17, 15) is 0 Å². The maximum absolute atomic E-state index is 3.62. The Balaban J connectivity index is 1.61. The van der Waals surface area contributed by atoms with Crippen molar-refractivity contribution >= 4 is 0 Å². The van der Waals surface area contributed by atoms with Gasteiger partial charge in [-0.3, -0.25) is 0 Å². The van der Waals surface area contributed by atoms with Crippen molar-refractivity contribution in [3.8, 4) is 0 Å².